The first-order valence-corrected chi connectivity index (χ1v) is 20.4. The van der Waals surface area contributed by atoms with Gasteiger partial charge in [0, 0.05) is 0 Å². The fourth-order valence-corrected chi connectivity index (χ4v) is 8.57. The molecule has 1 heterocycles. The second-order valence-corrected chi connectivity index (χ2v) is 19.3. The molecule has 256 valence electrons. The molecule has 3 aromatic carbocycles. The first kappa shape index (κ1) is 35.9. The maximum Gasteiger partial charge on any atom is 0.196 e. The van der Waals surface area contributed by atoms with Crippen molar-refractivity contribution in [3.63, 3.8) is 0 Å². The highest BCUT2D eigenvalue weighted by atomic mass is 28.4. The maximum absolute atomic E-state index is 7.21. The fraction of sp³-hybridized carbons (Fsp3) is 0.550. The minimum atomic E-state index is -2.35. The van der Waals surface area contributed by atoms with Crippen LogP contribution in [0.4, 0.5) is 0 Å². The second kappa shape index (κ2) is 16.4. The monoisotopic (exact) mass is 660 g/mol. The van der Waals surface area contributed by atoms with Gasteiger partial charge in [0.25, 0.3) is 0 Å². The Balaban J connectivity index is 1.48. The number of ether oxygens (including phenoxy) is 5. The molecule has 5 rings (SSSR count). The summed E-state index contributed by atoms with van der Waals surface area (Å²) in [6.07, 6.45) is -0.0169. The van der Waals surface area contributed by atoms with Gasteiger partial charge in [0.1, 0.15) is 24.4 Å². The summed E-state index contributed by atoms with van der Waals surface area (Å²) < 4.78 is 41.2. The van der Waals surface area contributed by atoms with Crippen LogP contribution >= 0.6 is 0 Å². The Labute approximate surface area is 284 Å². The van der Waals surface area contributed by atoms with Crippen LogP contribution in [0.3, 0.4) is 0 Å². The van der Waals surface area contributed by atoms with Gasteiger partial charge in [0.05, 0.1) is 32.5 Å². The van der Waals surface area contributed by atoms with Crippen molar-refractivity contribution in [1.82, 2.24) is 0 Å². The summed E-state index contributed by atoms with van der Waals surface area (Å²) in [6.45, 7) is 17.7. The number of hydrogen-bond acceptors (Lipinski definition) is 6. The molecule has 0 aromatic heterocycles. The normalized spacial score (nSPS) is 24.4. The summed E-state index contributed by atoms with van der Waals surface area (Å²) in [5.41, 5.74) is 3.30. The third kappa shape index (κ3) is 9.63. The van der Waals surface area contributed by atoms with E-state index in [4.69, 9.17) is 28.1 Å². The lowest BCUT2D eigenvalue weighted by molar-refractivity contribution is -0.317. The molecule has 3 aromatic rings. The van der Waals surface area contributed by atoms with E-state index in [2.05, 4.69) is 84.1 Å². The maximum atomic E-state index is 7.21. The predicted molar refractivity (Wildman–Crippen MR) is 189 cm³/mol. The quantitative estimate of drug-likeness (QED) is 0.135. The summed E-state index contributed by atoms with van der Waals surface area (Å²) in [5, 5.41) is -0.0105. The molecule has 7 heteroatoms. The summed E-state index contributed by atoms with van der Waals surface area (Å²) in [5.74, 6) is 0.980. The van der Waals surface area contributed by atoms with Crippen molar-refractivity contribution in [3.8, 4) is 0 Å². The van der Waals surface area contributed by atoms with E-state index >= 15 is 0 Å². The molecule has 0 spiro atoms. The SMILES string of the molecule is CC(O[C@H]1[C@H](O[Si](C)(C)C(C)(C)C(C)C)O[C@H](COCc2ccccc2)[C@@H](OCc2ccccc2)[C@@H]1OCc1ccccc1)C1CC1. The lowest BCUT2D eigenvalue weighted by Gasteiger charge is -2.51. The first-order chi connectivity index (χ1) is 22.5. The largest absolute Gasteiger partial charge is 0.390 e. The minimum Gasteiger partial charge on any atom is -0.390 e. The van der Waals surface area contributed by atoms with E-state index in [1.807, 2.05) is 54.6 Å². The standard InChI is InChI=1S/C40H56O6Si/c1-29(2)40(4,5)47(6,7)46-39-38(44-30(3)34-23-24-34)37(43-27-33-21-15-10-16-22-33)36(42-26-32-19-13-9-14-20-32)35(45-39)28-41-25-31-17-11-8-12-18-31/h8-22,29-30,34-39H,23-28H2,1-7H3/t30?,35-,36-,37+,38-,39+/m1/s1. The van der Waals surface area contributed by atoms with E-state index in [9.17, 15) is 0 Å². The molecular weight excluding hydrogens is 605 g/mol. The van der Waals surface area contributed by atoms with E-state index in [1.54, 1.807) is 0 Å². The molecule has 6 nitrogen and oxygen atoms in total. The van der Waals surface area contributed by atoms with Gasteiger partial charge in [0.15, 0.2) is 14.6 Å². The Hall–Kier alpha value is -2.36. The van der Waals surface area contributed by atoms with Crippen molar-refractivity contribution in [1.29, 1.82) is 0 Å². The molecule has 0 amide bonds. The smallest absolute Gasteiger partial charge is 0.196 e. The number of rotatable bonds is 17. The lowest BCUT2D eigenvalue weighted by Crippen LogP contribution is -2.64. The van der Waals surface area contributed by atoms with Crippen LogP contribution in [-0.4, -0.2) is 51.7 Å². The highest BCUT2D eigenvalue weighted by Crippen LogP contribution is 2.47. The minimum absolute atomic E-state index is 0.0105. The van der Waals surface area contributed by atoms with Crippen LogP contribution in [0.25, 0.3) is 0 Å². The number of hydrogen-bond donors (Lipinski definition) is 0. The predicted octanol–water partition coefficient (Wildman–Crippen LogP) is 8.94. The summed E-state index contributed by atoms with van der Waals surface area (Å²) >= 11 is 0. The van der Waals surface area contributed by atoms with Gasteiger partial charge in [-0.3, -0.25) is 0 Å². The third-order valence-electron chi connectivity index (χ3n) is 10.6. The molecule has 2 aliphatic rings. The fourth-order valence-electron chi connectivity index (χ4n) is 6.11. The molecule has 1 aliphatic carbocycles. The van der Waals surface area contributed by atoms with Gasteiger partial charge in [-0.25, -0.2) is 0 Å². The molecule has 47 heavy (non-hydrogen) atoms. The van der Waals surface area contributed by atoms with E-state index in [0.717, 1.165) is 16.7 Å². The molecular formula is C40H56O6Si. The highest BCUT2D eigenvalue weighted by Gasteiger charge is 2.54. The van der Waals surface area contributed by atoms with Gasteiger partial charge in [-0.15, -0.1) is 0 Å². The van der Waals surface area contributed by atoms with Gasteiger partial charge in [-0.2, -0.15) is 0 Å². The topological polar surface area (TPSA) is 55.4 Å². The van der Waals surface area contributed by atoms with Crippen molar-refractivity contribution < 1.29 is 28.1 Å². The third-order valence-corrected chi connectivity index (χ3v) is 15.1. The van der Waals surface area contributed by atoms with Gasteiger partial charge in [-0.05, 0) is 66.4 Å². The van der Waals surface area contributed by atoms with Crippen molar-refractivity contribution in [2.24, 2.45) is 11.8 Å². The van der Waals surface area contributed by atoms with Crippen molar-refractivity contribution in [3.05, 3.63) is 108 Å². The Bertz CT molecular complexity index is 1330. The molecule has 0 bridgehead atoms. The van der Waals surface area contributed by atoms with E-state index in [0.29, 0.717) is 38.3 Å². The first-order valence-electron chi connectivity index (χ1n) is 17.5. The second-order valence-electron chi connectivity index (χ2n) is 14.7. The molecule has 0 radical (unpaired) electrons. The summed E-state index contributed by atoms with van der Waals surface area (Å²) in [4.78, 5) is 0. The number of benzene rings is 3. The summed E-state index contributed by atoms with van der Waals surface area (Å²) in [6, 6.07) is 30.8. The zero-order valence-electron chi connectivity index (χ0n) is 29.5. The van der Waals surface area contributed by atoms with Gasteiger partial charge in [0.2, 0.25) is 0 Å². The van der Waals surface area contributed by atoms with Gasteiger partial charge in [-0.1, -0.05) is 119 Å². The zero-order valence-corrected chi connectivity index (χ0v) is 30.5. The van der Waals surface area contributed by atoms with Crippen molar-refractivity contribution >= 4 is 8.32 Å². The van der Waals surface area contributed by atoms with Gasteiger partial charge >= 0.3 is 0 Å². The van der Waals surface area contributed by atoms with E-state index in [1.165, 1.54) is 12.8 Å². The van der Waals surface area contributed by atoms with Gasteiger partial charge < -0.3 is 28.1 Å². The molecule has 1 saturated carbocycles. The highest BCUT2D eigenvalue weighted by molar-refractivity contribution is 6.74. The van der Waals surface area contributed by atoms with Crippen molar-refractivity contribution in [2.75, 3.05) is 6.61 Å². The summed E-state index contributed by atoms with van der Waals surface area (Å²) in [7, 11) is -2.35. The Morgan fingerprint density at radius 1 is 0.702 bits per heavy atom. The molecule has 0 N–H and O–H groups in total. The van der Waals surface area contributed by atoms with Crippen LogP contribution < -0.4 is 0 Å². The van der Waals surface area contributed by atoms with Crippen LogP contribution in [0.2, 0.25) is 18.1 Å². The Morgan fingerprint density at radius 3 is 1.68 bits per heavy atom. The van der Waals surface area contributed by atoms with E-state index < -0.39 is 39.0 Å². The Kier molecular flexibility index (Phi) is 12.5. The average Bonchev–Trinajstić information content (AvgIpc) is 3.92. The average molecular weight is 661 g/mol. The van der Waals surface area contributed by atoms with Crippen LogP contribution in [-0.2, 0) is 47.9 Å². The molecule has 1 saturated heterocycles. The van der Waals surface area contributed by atoms with Crippen LogP contribution in [0.1, 0.15) is 64.2 Å². The molecule has 1 unspecified atom stereocenters. The van der Waals surface area contributed by atoms with Crippen LogP contribution in [0.5, 0.6) is 0 Å². The molecule has 1 aliphatic heterocycles. The van der Waals surface area contributed by atoms with Crippen molar-refractivity contribution in [2.45, 2.75) is 122 Å². The van der Waals surface area contributed by atoms with Crippen LogP contribution in [0.15, 0.2) is 91.0 Å². The lowest BCUT2D eigenvalue weighted by atomic mass is 9.97. The molecule has 6 atom stereocenters. The van der Waals surface area contributed by atoms with E-state index in [-0.39, 0.29) is 11.1 Å². The zero-order chi connectivity index (χ0) is 33.4. The van der Waals surface area contributed by atoms with Crippen LogP contribution in [0, 0.1) is 11.8 Å². The Morgan fingerprint density at radius 2 is 1.19 bits per heavy atom. The molecule has 2 fully saturated rings.